The van der Waals surface area contributed by atoms with Gasteiger partial charge >= 0.3 is 0 Å². The molecule has 1 heterocycles. The molecule has 2 N–H and O–H groups in total. The summed E-state index contributed by atoms with van der Waals surface area (Å²) in [6.45, 7) is 10.2. The Morgan fingerprint density at radius 1 is 1.00 bits per heavy atom. The van der Waals surface area contributed by atoms with Gasteiger partial charge in [-0.05, 0) is 49.0 Å². The second-order valence-electron chi connectivity index (χ2n) is 7.04. The SMILES string of the molecule is C=C1C=C(CCc2ccc(C(=C)C)cc2)[C@H](Cc2ccccc2)C(N)S1. The normalized spacial score (nSPS) is 19.9. The molecule has 134 valence electrons. The maximum absolute atomic E-state index is 6.48. The van der Waals surface area contributed by atoms with Crippen LogP contribution in [0.3, 0.4) is 0 Å². The number of rotatable bonds is 6. The van der Waals surface area contributed by atoms with Crippen LogP contribution in [0, 0.1) is 5.92 Å². The molecule has 1 unspecified atom stereocenters. The van der Waals surface area contributed by atoms with Crippen LogP contribution >= 0.6 is 11.8 Å². The Morgan fingerprint density at radius 2 is 1.69 bits per heavy atom. The molecule has 2 heteroatoms. The van der Waals surface area contributed by atoms with Gasteiger partial charge in [-0.25, -0.2) is 0 Å². The van der Waals surface area contributed by atoms with E-state index in [-0.39, 0.29) is 5.37 Å². The highest BCUT2D eigenvalue weighted by atomic mass is 32.2. The lowest BCUT2D eigenvalue weighted by molar-refractivity contribution is 0.561. The predicted octanol–water partition coefficient (Wildman–Crippen LogP) is 5.98. The minimum absolute atomic E-state index is 0.0773. The number of hydrogen-bond acceptors (Lipinski definition) is 2. The van der Waals surface area contributed by atoms with Crippen molar-refractivity contribution >= 4 is 17.3 Å². The van der Waals surface area contributed by atoms with Crippen molar-refractivity contribution in [2.24, 2.45) is 11.7 Å². The molecule has 0 saturated carbocycles. The van der Waals surface area contributed by atoms with Gasteiger partial charge in [-0.3, -0.25) is 0 Å². The minimum Gasteiger partial charge on any atom is -0.319 e. The minimum atomic E-state index is 0.0773. The topological polar surface area (TPSA) is 26.0 Å². The number of hydrogen-bond donors (Lipinski definition) is 1. The molecule has 1 aliphatic rings. The van der Waals surface area contributed by atoms with Crippen LogP contribution in [0.25, 0.3) is 5.57 Å². The quantitative estimate of drug-likeness (QED) is 0.684. The average molecular weight is 362 g/mol. The molecule has 2 atom stereocenters. The van der Waals surface area contributed by atoms with E-state index in [1.54, 1.807) is 11.8 Å². The molecule has 2 aromatic rings. The monoisotopic (exact) mass is 361 g/mol. The van der Waals surface area contributed by atoms with Gasteiger partial charge in [0.25, 0.3) is 0 Å². The third-order valence-electron chi connectivity index (χ3n) is 4.95. The van der Waals surface area contributed by atoms with Crippen LogP contribution in [-0.2, 0) is 12.8 Å². The van der Waals surface area contributed by atoms with Gasteiger partial charge in [0.1, 0.15) is 0 Å². The summed E-state index contributed by atoms with van der Waals surface area (Å²) in [6, 6.07) is 19.4. The van der Waals surface area contributed by atoms with E-state index in [9.17, 15) is 0 Å². The molecule has 0 aromatic heterocycles. The molecule has 0 saturated heterocycles. The van der Waals surface area contributed by atoms with Gasteiger partial charge in [-0.2, -0.15) is 0 Å². The molecule has 0 spiro atoms. The third-order valence-corrected chi connectivity index (χ3v) is 5.98. The van der Waals surface area contributed by atoms with Crippen molar-refractivity contribution in [3.8, 4) is 0 Å². The van der Waals surface area contributed by atoms with Gasteiger partial charge in [0.05, 0.1) is 5.37 Å². The zero-order valence-corrected chi connectivity index (χ0v) is 16.3. The molecule has 0 radical (unpaired) electrons. The predicted molar refractivity (Wildman–Crippen MR) is 116 cm³/mol. The molecule has 3 rings (SSSR count). The van der Waals surface area contributed by atoms with Crippen LogP contribution in [0.1, 0.15) is 30.0 Å². The van der Waals surface area contributed by atoms with E-state index >= 15 is 0 Å². The highest BCUT2D eigenvalue weighted by Gasteiger charge is 2.27. The van der Waals surface area contributed by atoms with Crippen LogP contribution in [0.2, 0.25) is 0 Å². The van der Waals surface area contributed by atoms with Gasteiger partial charge in [-0.15, -0.1) is 11.8 Å². The zero-order valence-electron chi connectivity index (χ0n) is 15.4. The maximum atomic E-state index is 6.48. The first kappa shape index (κ1) is 18.8. The Labute approximate surface area is 161 Å². The molecular formula is C24H27NS. The first-order valence-corrected chi connectivity index (χ1v) is 10.0. The molecule has 0 bridgehead atoms. The van der Waals surface area contributed by atoms with Gasteiger partial charge < -0.3 is 5.73 Å². The van der Waals surface area contributed by atoms with E-state index in [4.69, 9.17) is 5.73 Å². The summed E-state index contributed by atoms with van der Waals surface area (Å²) >= 11 is 1.70. The van der Waals surface area contributed by atoms with Crippen LogP contribution in [0.5, 0.6) is 0 Å². The molecule has 26 heavy (non-hydrogen) atoms. The first-order valence-electron chi connectivity index (χ1n) is 9.13. The summed E-state index contributed by atoms with van der Waals surface area (Å²) in [5.74, 6) is 0.364. The van der Waals surface area contributed by atoms with Crippen molar-refractivity contribution in [1.29, 1.82) is 0 Å². The van der Waals surface area contributed by atoms with Gasteiger partial charge in [-0.1, -0.05) is 78.9 Å². The summed E-state index contributed by atoms with van der Waals surface area (Å²) in [4.78, 5) is 1.08. The van der Waals surface area contributed by atoms with Gasteiger partial charge in [0.2, 0.25) is 0 Å². The van der Waals surface area contributed by atoms with Crippen LogP contribution < -0.4 is 5.73 Å². The number of aryl methyl sites for hydroxylation is 1. The number of thioether (sulfide) groups is 1. The first-order chi connectivity index (χ1) is 12.5. The van der Waals surface area contributed by atoms with Crippen molar-refractivity contribution in [2.45, 2.75) is 31.6 Å². The molecule has 2 aromatic carbocycles. The van der Waals surface area contributed by atoms with E-state index < -0.39 is 0 Å². The third kappa shape index (κ3) is 4.78. The van der Waals surface area contributed by atoms with Crippen LogP contribution in [-0.4, -0.2) is 5.37 Å². The van der Waals surface area contributed by atoms with Crippen molar-refractivity contribution < 1.29 is 0 Å². The Balaban J connectivity index is 1.72. The second-order valence-corrected chi connectivity index (χ2v) is 8.35. The largest absolute Gasteiger partial charge is 0.319 e. The summed E-state index contributed by atoms with van der Waals surface area (Å²) in [5, 5.41) is 0.0773. The Bertz CT molecular complexity index is 802. The molecule has 1 nitrogen and oxygen atoms in total. The summed E-state index contributed by atoms with van der Waals surface area (Å²) in [7, 11) is 0. The number of nitrogens with two attached hydrogens (primary N) is 1. The number of allylic oxidation sites excluding steroid dienone is 2. The van der Waals surface area contributed by atoms with E-state index in [1.807, 2.05) is 6.92 Å². The second kappa shape index (κ2) is 8.57. The fourth-order valence-corrected chi connectivity index (χ4v) is 4.44. The Hall–Kier alpha value is -2.03. The lowest BCUT2D eigenvalue weighted by atomic mass is 9.87. The zero-order chi connectivity index (χ0) is 18.5. The molecule has 0 amide bonds. The fraction of sp³-hybridized carbons (Fsp3) is 0.250. The van der Waals surface area contributed by atoms with Gasteiger partial charge in [0.15, 0.2) is 0 Å². The smallest absolute Gasteiger partial charge is 0.0623 e. The molecule has 0 aliphatic carbocycles. The van der Waals surface area contributed by atoms with E-state index in [0.29, 0.717) is 5.92 Å². The Kier molecular flexibility index (Phi) is 6.18. The summed E-state index contributed by atoms with van der Waals surface area (Å²) in [5.41, 5.74) is 12.9. The highest BCUT2D eigenvalue weighted by molar-refractivity contribution is 8.03. The van der Waals surface area contributed by atoms with E-state index in [2.05, 4.69) is 73.8 Å². The van der Waals surface area contributed by atoms with Crippen molar-refractivity contribution in [2.75, 3.05) is 0 Å². The van der Waals surface area contributed by atoms with E-state index in [1.165, 1.54) is 22.3 Å². The maximum Gasteiger partial charge on any atom is 0.0623 e. The van der Waals surface area contributed by atoms with Gasteiger partial charge in [0, 0.05) is 10.8 Å². The standard InChI is InChI=1S/C24H27NS/c1-17(2)21-12-9-19(10-13-21)11-14-22-15-18(3)26-24(25)23(22)16-20-7-5-4-6-8-20/h4-10,12-13,15,23-24H,1,3,11,14,16,25H2,2H3/t23-,24?/m0/s1. The van der Waals surface area contributed by atoms with Crippen molar-refractivity contribution in [3.05, 3.63) is 101 Å². The molecular weight excluding hydrogens is 334 g/mol. The molecule has 0 fully saturated rings. The molecule has 1 aliphatic heterocycles. The van der Waals surface area contributed by atoms with E-state index in [0.717, 1.165) is 29.7 Å². The lowest BCUT2D eigenvalue weighted by Gasteiger charge is -2.31. The summed E-state index contributed by atoms with van der Waals surface area (Å²) < 4.78 is 0. The highest BCUT2D eigenvalue weighted by Crippen LogP contribution is 2.38. The average Bonchev–Trinajstić information content (AvgIpc) is 2.63. The Morgan fingerprint density at radius 3 is 2.35 bits per heavy atom. The summed E-state index contributed by atoms with van der Waals surface area (Å²) in [6.07, 6.45) is 5.29. The van der Waals surface area contributed by atoms with Crippen molar-refractivity contribution in [3.63, 3.8) is 0 Å². The van der Waals surface area contributed by atoms with Crippen molar-refractivity contribution in [1.82, 2.24) is 0 Å². The van der Waals surface area contributed by atoms with Crippen LogP contribution in [0.4, 0.5) is 0 Å². The van der Waals surface area contributed by atoms with Crippen LogP contribution in [0.15, 0.2) is 84.3 Å². The lowest BCUT2D eigenvalue weighted by Crippen LogP contribution is -2.32. The fourth-order valence-electron chi connectivity index (χ4n) is 3.43. The number of benzene rings is 2.